The van der Waals surface area contributed by atoms with E-state index in [9.17, 15) is 24.9 Å². The number of hydrogen-bond donors (Lipinski definition) is 4. The van der Waals surface area contributed by atoms with Crippen molar-refractivity contribution in [1.82, 2.24) is 10.2 Å². The molecule has 2 amide bonds. The number of aliphatic hydroxyl groups is 3. The minimum absolute atomic E-state index is 0.0194. The largest absolute Gasteiger partial charge is 0.459 e. The number of rotatable bonds is 23. The van der Waals surface area contributed by atoms with Crippen molar-refractivity contribution in [1.29, 1.82) is 0 Å². The maximum absolute atomic E-state index is 14.7. The summed E-state index contributed by atoms with van der Waals surface area (Å²) in [5.74, 6) is -0.554. The number of carbonyl (C=O) groups excluding carboxylic acids is 2. The predicted octanol–water partition coefficient (Wildman–Crippen LogP) is 5.87. The van der Waals surface area contributed by atoms with E-state index in [0.717, 1.165) is 56.1 Å². The van der Waals surface area contributed by atoms with Crippen LogP contribution in [0.4, 0.5) is 4.79 Å². The van der Waals surface area contributed by atoms with Gasteiger partial charge < -0.3 is 49.3 Å². The first kappa shape index (κ1) is 43.6. The molecule has 0 saturated heterocycles. The first-order chi connectivity index (χ1) is 27.3. The highest BCUT2D eigenvalue weighted by Crippen LogP contribution is 2.62. The fourth-order valence-electron chi connectivity index (χ4n) is 9.66. The van der Waals surface area contributed by atoms with Crippen molar-refractivity contribution < 1.29 is 48.7 Å². The Morgan fingerprint density at radius 2 is 1.82 bits per heavy atom. The van der Waals surface area contributed by atoms with Crippen molar-refractivity contribution >= 4 is 17.7 Å². The average Bonchev–Trinajstić information content (AvgIpc) is 3.72. The number of hydrogen-bond acceptors (Lipinski definition) is 11. The van der Waals surface area contributed by atoms with Gasteiger partial charge in [-0.25, -0.2) is 4.79 Å². The molecular formula is C43H65N3O10. The topological polar surface area (TPSA) is 169 Å². The Bertz CT molecular complexity index is 1500. The molecule has 3 aliphatic carbocycles. The van der Waals surface area contributed by atoms with E-state index >= 15 is 0 Å². The molecular weight excluding hydrogens is 718 g/mol. The zero-order chi connectivity index (χ0) is 39.9. The van der Waals surface area contributed by atoms with E-state index in [-0.39, 0.29) is 69.8 Å². The summed E-state index contributed by atoms with van der Waals surface area (Å²) in [5, 5.41) is 36.5. The van der Waals surface area contributed by atoms with Crippen LogP contribution >= 0.6 is 0 Å². The average molecular weight is 784 g/mol. The van der Waals surface area contributed by atoms with Gasteiger partial charge in [-0.1, -0.05) is 55.8 Å². The summed E-state index contributed by atoms with van der Waals surface area (Å²) in [6, 6.07) is 4.79. The lowest BCUT2D eigenvalue weighted by Crippen LogP contribution is -2.70. The van der Waals surface area contributed by atoms with Gasteiger partial charge >= 0.3 is 6.09 Å². The van der Waals surface area contributed by atoms with Gasteiger partial charge in [-0.15, -0.1) is 6.58 Å². The number of amides is 2. The van der Waals surface area contributed by atoms with Crippen LogP contribution in [0.15, 0.2) is 47.7 Å². The van der Waals surface area contributed by atoms with Gasteiger partial charge in [0, 0.05) is 50.6 Å². The number of oxime groups is 1. The Hall–Kier alpha value is -3.49. The van der Waals surface area contributed by atoms with Gasteiger partial charge in [0.05, 0.1) is 38.1 Å². The Morgan fingerprint density at radius 3 is 2.52 bits per heavy atom. The number of allylic oxidation sites excluding steroid dienone is 1. The molecule has 13 heteroatoms. The molecule has 312 valence electrons. The second kappa shape index (κ2) is 21.9. The van der Waals surface area contributed by atoms with Crippen LogP contribution in [0.3, 0.4) is 0 Å². The fraction of sp³-hybridized carbons (Fsp3) is 0.698. The quantitative estimate of drug-likeness (QED) is 0.0599. The number of nitrogens with zero attached hydrogens (tertiary/aromatic N) is 2. The van der Waals surface area contributed by atoms with Crippen LogP contribution in [0.25, 0.3) is 0 Å². The van der Waals surface area contributed by atoms with Crippen molar-refractivity contribution in [2.75, 3.05) is 59.8 Å². The van der Waals surface area contributed by atoms with Crippen molar-refractivity contribution in [2.45, 2.75) is 108 Å². The molecule has 1 aromatic carbocycles. The van der Waals surface area contributed by atoms with E-state index in [0.29, 0.717) is 55.4 Å². The number of fused-ring (bicyclic) bond motifs is 2. The number of nitrogens with one attached hydrogen (secondary N) is 1. The van der Waals surface area contributed by atoms with Crippen molar-refractivity contribution in [3.8, 4) is 11.5 Å². The molecule has 1 aliphatic heterocycles. The number of unbranched alkanes of at least 4 members (excludes halogenated alkanes) is 2. The number of benzene rings is 1. The molecule has 56 heavy (non-hydrogen) atoms. The highest BCUT2D eigenvalue weighted by molar-refractivity contribution is 6.03. The molecule has 1 heterocycles. The van der Waals surface area contributed by atoms with Gasteiger partial charge in [0.25, 0.3) is 0 Å². The van der Waals surface area contributed by atoms with E-state index in [4.69, 9.17) is 23.8 Å². The lowest BCUT2D eigenvalue weighted by atomic mass is 9.55. The van der Waals surface area contributed by atoms with Crippen molar-refractivity contribution in [3.63, 3.8) is 0 Å². The molecule has 0 aromatic heterocycles. The van der Waals surface area contributed by atoms with Gasteiger partial charge in [-0.3, -0.25) is 4.79 Å². The minimum Gasteiger partial charge on any atom is -0.459 e. The molecule has 0 unspecified atom stereocenters. The number of ether oxygens (including phenoxy) is 4. The number of carbonyl (C=O) groups is 2. The molecule has 0 radical (unpaired) electrons. The second-order valence-corrected chi connectivity index (χ2v) is 15.5. The molecule has 0 bridgehead atoms. The Kier molecular flexibility index (Phi) is 17.0. The van der Waals surface area contributed by atoms with Crippen LogP contribution in [-0.2, 0) is 19.1 Å². The lowest BCUT2D eigenvalue weighted by Gasteiger charge is -2.60. The van der Waals surface area contributed by atoms with E-state index in [1.165, 1.54) is 20.0 Å². The van der Waals surface area contributed by atoms with E-state index < -0.39 is 23.8 Å². The highest BCUT2D eigenvalue weighted by Gasteiger charge is 2.65. The summed E-state index contributed by atoms with van der Waals surface area (Å²) in [5.41, 5.74) is 2.50. The van der Waals surface area contributed by atoms with Crippen LogP contribution in [0.1, 0.15) is 102 Å². The summed E-state index contributed by atoms with van der Waals surface area (Å²) in [7, 11) is 1.53. The molecule has 2 fully saturated rings. The monoisotopic (exact) mass is 783 g/mol. The molecule has 4 N–H and O–H groups in total. The van der Waals surface area contributed by atoms with Crippen LogP contribution in [0.5, 0.6) is 11.5 Å². The van der Waals surface area contributed by atoms with Gasteiger partial charge in [-0.05, 0) is 80.6 Å². The SMILES string of the molecule is C=CCO[C@@]12Oc3ccc(OC(=O)NCC)cc3[C@H]3[C@H](CCCCO)[C@@H](CCCCO)C=C(C(=NOC)C[C@@H]1N(CCOCCO)C(=O)CCC1CCCC1)[C@H]32. The zero-order valence-corrected chi connectivity index (χ0v) is 33.5. The Balaban J connectivity index is 1.71. The summed E-state index contributed by atoms with van der Waals surface area (Å²) in [4.78, 5) is 34.7. The van der Waals surface area contributed by atoms with Gasteiger partial charge in [0.15, 0.2) is 0 Å². The molecule has 6 atom stereocenters. The maximum Gasteiger partial charge on any atom is 0.412 e. The summed E-state index contributed by atoms with van der Waals surface area (Å²) < 4.78 is 25.8. The maximum atomic E-state index is 14.7. The van der Waals surface area contributed by atoms with Crippen LogP contribution in [0.2, 0.25) is 0 Å². The normalized spacial score (nSPS) is 26.1. The third kappa shape index (κ3) is 10.3. The molecule has 1 aromatic rings. The third-order valence-corrected chi connectivity index (χ3v) is 12.0. The van der Waals surface area contributed by atoms with Gasteiger partial charge in [0.2, 0.25) is 11.7 Å². The van der Waals surface area contributed by atoms with Crippen LogP contribution in [0, 0.1) is 23.7 Å². The zero-order valence-electron chi connectivity index (χ0n) is 33.5. The summed E-state index contributed by atoms with van der Waals surface area (Å²) in [6.07, 6.45) is 14.1. The van der Waals surface area contributed by atoms with Crippen LogP contribution < -0.4 is 14.8 Å². The van der Waals surface area contributed by atoms with E-state index in [2.05, 4.69) is 23.1 Å². The van der Waals surface area contributed by atoms with E-state index in [1.807, 2.05) is 24.0 Å². The van der Waals surface area contributed by atoms with Gasteiger partial charge in [0.1, 0.15) is 24.7 Å². The molecule has 5 rings (SSSR count). The molecule has 2 saturated carbocycles. The van der Waals surface area contributed by atoms with Crippen LogP contribution in [-0.4, -0.2) is 110 Å². The Labute approximate surface area is 332 Å². The third-order valence-electron chi connectivity index (χ3n) is 12.0. The van der Waals surface area contributed by atoms with Gasteiger partial charge in [-0.2, -0.15) is 0 Å². The van der Waals surface area contributed by atoms with Crippen molar-refractivity contribution in [3.05, 3.63) is 48.1 Å². The standard InChI is InChI=1S/C43H65N3O10/c1-4-24-54-43-38(46(20-25-53-26-23-49)39(50)19-16-30-12-6-7-13-30)29-36(45-52-3)34-27-31(14-8-10-21-47)33(15-9-11-22-48)40(41(34)43)35-28-32(17-18-37(35)56-43)55-42(51)44-5-2/h4,17-18,27-28,30-31,33,38,40-41,47-49H,1,5-16,19-26,29H2,2-3H3,(H,44,51)/t31-,33+,38-,40+,41+,43+/m0/s1. The molecule has 4 aliphatic rings. The predicted molar refractivity (Wildman–Crippen MR) is 212 cm³/mol. The molecule has 0 spiro atoms. The highest BCUT2D eigenvalue weighted by atomic mass is 16.7. The smallest absolute Gasteiger partial charge is 0.412 e. The van der Waals surface area contributed by atoms with Crippen molar-refractivity contribution in [2.24, 2.45) is 28.8 Å². The summed E-state index contributed by atoms with van der Waals surface area (Å²) >= 11 is 0. The lowest BCUT2D eigenvalue weighted by molar-refractivity contribution is -0.258. The van der Waals surface area contributed by atoms with E-state index in [1.54, 1.807) is 12.1 Å². The first-order valence-electron chi connectivity index (χ1n) is 20.9. The first-order valence-corrected chi connectivity index (χ1v) is 20.9. The summed E-state index contributed by atoms with van der Waals surface area (Å²) in [6.45, 7) is 7.07. The number of aliphatic hydroxyl groups excluding tert-OH is 3. The minimum atomic E-state index is -1.39. The second-order valence-electron chi connectivity index (χ2n) is 15.5. The fourth-order valence-corrected chi connectivity index (χ4v) is 9.66. The molecule has 13 nitrogen and oxygen atoms in total. The Morgan fingerprint density at radius 1 is 1.05 bits per heavy atom.